The molecule has 2 N–H and O–H groups in total. The van der Waals surface area contributed by atoms with Crippen LogP contribution in [0.5, 0.6) is 5.75 Å². The number of rotatable bonds is 8. The number of hydrogen-bond donors (Lipinski definition) is 2. The summed E-state index contributed by atoms with van der Waals surface area (Å²) in [5.74, 6) is -0.0843. The number of H-pyrrole nitrogens is 1. The summed E-state index contributed by atoms with van der Waals surface area (Å²) in [6, 6.07) is 10.4. The van der Waals surface area contributed by atoms with Gasteiger partial charge in [-0.3, -0.25) is 14.7 Å². The number of ether oxygens (including phenoxy) is 1. The topological polar surface area (TPSA) is 87.3 Å². The Balaban J connectivity index is 1.61. The van der Waals surface area contributed by atoms with Crippen LogP contribution in [-0.4, -0.2) is 46.6 Å². The SMILES string of the molecule is CCN(CC)C(=O)COc1ccc(NC(=O)c2cc(-c3cccs3)[nH]n2)cc1Cl. The molecule has 3 aromatic rings. The summed E-state index contributed by atoms with van der Waals surface area (Å²) in [5, 5.41) is 11.9. The molecule has 2 amide bonds. The second kappa shape index (κ2) is 9.58. The van der Waals surface area contributed by atoms with Crippen molar-refractivity contribution in [2.75, 3.05) is 25.0 Å². The molecule has 2 aromatic heterocycles. The lowest BCUT2D eigenvalue weighted by atomic mass is 10.2. The van der Waals surface area contributed by atoms with Crippen molar-refractivity contribution in [2.45, 2.75) is 13.8 Å². The lowest BCUT2D eigenvalue weighted by molar-refractivity contribution is -0.132. The number of amides is 2. The molecule has 0 saturated carbocycles. The Hall–Kier alpha value is -2.84. The molecular formula is C20H21ClN4O3S. The fourth-order valence-electron chi connectivity index (χ4n) is 2.69. The maximum Gasteiger partial charge on any atom is 0.276 e. The Morgan fingerprint density at radius 3 is 2.69 bits per heavy atom. The first-order valence-corrected chi connectivity index (χ1v) is 10.4. The van der Waals surface area contributed by atoms with E-state index in [1.807, 2.05) is 31.4 Å². The van der Waals surface area contributed by atoms with E-state index < -0.39 is 0 Å². The highest BCUT2D eigenvalue weighted by atomic mass is 35.5. The summed E-state index contributed by atoms with van der Waals surface area (Å²) in [6.45, 7) is 4.98. The second-order valence-corrected chi connectivity index (χ2v) is 7.45. The lowest BCUT2D eigenvalue weighted by Gasteiger charge is -2.19. The molecule has 9 heteroatoms. The molecule has 7 nitrogen and oxygen atoms in total. The van der Waals surface area contributed by atoms with Gasteiger partial charge in [0, 0.05) is 18.8 Å². The minimum Gasteiger partial charge on any atom is -0.482 e. The van der Waals surface area contributed by atoms with Crippen molar-refractivity contribution in [2.24, 2.45) is 0 Å². The third-order valence-corrected chi connectivity index (χ3v) is 5.45. The number of thiophene rings is 1. The standard InChI is InChI=1S/C20H21ClN4O3S/c1-3-25(4-2)19(26)12-28-17-8-7-13(10-14(17)21)22-20(27)16-11-15(23-24-16)18-6-5-9-29-18/h5-11H,3-4,12H2,1-2H3,(H,22,27)(H,23,24). The van der Waals surface area contributed by atoms with Gasteiger partial charge in [-0.1, -0.05) is 17.7 Å². The highest BCUT2D eigenvalue weighted by Crippen LogP contribution is 2.28. The van der Waals surface area contributed by atoms with Gasteiger partial charge < -0.3 is 15.0 Å². The number of aromatic nitrogens is 2. The predicted octanol–water partition coefficient (Wildman–Crippen LogP) is 4.29. The first-order valence-electron chi connectivity index (χ1n) is 9.12. The summed E-state index contributed by atoms with van der Waals surface area (Å²) >= 11 is 7.80. The van der Waals surface area contributed by atoms with Crippen LogP contribution in [-0.2, 0) is 4.79 Å². The summed E-state index contributed by atoms with van der Waals surface area (Å²) in [6.07, 6.45) is 0. The van der Waals surface area contributed by atoms with E-state index >= 15 is 0 Å². The third kappa shape index (κ3) is 5.16. The number of nitrogens with zero attached hydrogens (tertiary/aromatic N) is 2. The first-order chi connectivity index (χ1) is 14.0. The van der Waals surface area contributed by atoms with Crippen molar-refractivity contribution in [1.29, 1.82) is 0 Å². The Labute approximate surface area is 177 Å². The molecular weight excluding hydrogens is 412 g/mol. The van der Waals surface area contributed by atoms with Crippen molar-refractivity contribution in [3.8, 4) is 16.3 Å². The van der Waals surface area contributed by atoms with Crippen LogP contribution in [0.1, 0.15) is 24.3 Å². The van der Waals surface area contributed by atoms with E-state index in [4.69, 9.17) is 16.3 Å². The maximum atomic E-state index is 12.4. The molecule has 0 aliphatic carbocycles. The average Bonchev–Trinajstić information content (AvgIpc) is 3.40. The molecule has 0 fully saturated rings. The molecule has 2 heterocycles. The number of aromatic amines is 1. The number of nitrogens with one attached hydrogen (secondary N) is 2. The Morgan fingerprint density at radius 1 is 1.24 bits per heavy atom. The molecule has 0 aliphatic heterocycles. The number of hydrogen-bond acceptors (Lipinski definition) is 5. The van der Waals surface area contributed by atoms with E-state index in [1.165, 1.54) is 0 Å². The zero-order valence-electron chi connectivity index (χ0n) is 16.1. The van der Waals surface area contributed by atoms with E-state index in [9.17, 15) is 9.59 Å². The normalized spacial score (nSPS) is 10.6. The van der Waals surface area contributed by atoms with Crippen LogP contribution in [0.4, 0.5) is 5.69 Å². The molecule has 0 saturated heterocycles. The molecule has 0 aliphatic rings. The Bertz CT molecular complexity index is 984. The van der Waals surface area contributed by atoms with E-state index in [0.29, 0.717) is 29.5 Å². The molecule has 0 unspecified atom stereocenters. The third-order valence-electron chi connectivity index (χ3n) is 4.25. The number of benzene rings is 1. The molecule has 29 heavy (non-hydrogen) atoms. The molecule has 3 rings (SSSR count). The van der Waals surface area contributed by atoms with Gasteiger partial charge in [0.25, 0.3) is 11.8 Å². The van der Waals surface area contributed by atoms with Crippen LogP contribution in [0.15, 0.2) is 41.8 Å². The molecule has 0 bridgehead atoms. The smallest absolute Gasteiger partial charge is 0.276 e. The van der Waals surface area contributed by atoms with Crippen molar-refractivity contribution in [3.63, 3.8) is 0 Å². The Morgan fingerprint density at radius 2 is 2.03 bits per heavy atom. The molecule has 152 valence electrons. The average molecular weight is 433 g/mol. The minimum atomic E-state index is -0.356. The number of likely N-dealkylation sites (N-methyl/N-ethyl adjacent to an activating group) is 1. The van der Waals surface area contributed by atoms with Gasteiger partial charge >= 0.3 is 0 Å². The van der Waals surface area contributed by atoms with Gasteiger partial charge in [-0.15, -0.1) is 11.3 Å². The van der Waals surface area contributed by atoms with Crippen molar-refractivity contribution in [3.05, 3.63) is 52.5 Å². The highest BCUT2D eigenvalue weighted by molar-refractivity contribution is 7.13. The zero-order valence-corrected chi connectivity index (χ0v) is 17.6. The van der Waals surface area contributed by atoms with Gasteiger partial charge in [0.1, 0.15) is 5.75 Å². The summed E-state index contributed by atoms with van der Waals surface area (Å²) in [7, 11) is 0. The number of carbonyl (C=O) groups excluding carboxylic acids is 2. The zero-order chi connectivity index (χ0) is 20.8. The van der Waals surface area contributed by atoms with Crippen LogP contribution in [0.2, 0.25) is 5.02 Å². The number of carbonyl (C=O) groups is 2. The van der Waals surface area contributed by atoms with Crippen LogP contribution in [0.3, 0.4) is 0 Å². The van der Waals surface area contributed by atoms with Gasteiger partial charge in [-0.05, 0) is 49.6 Å². The van der Waals surface area contributed by atoms with Crippen LogP contribution < -0.4 is 10.1 Å². The molecule has 0 spiro atoms. The quantitative estimate of drug-likeness (QED) is 0.555. The van der Waals surface area contributed by atoms with Gasteiger partial charge in [0.2, 0.25) is 0 Å². The minimum absolute atomic E-state index is 0.0914. The van der Waals surface area contributed by atoms with Crippen molar-refractivity contribution < 1.29 is 14.3 Å². The summed E-state index contributed by atoms with van der Waals surface area (Å²) < 4.78 is 5.52. The Kier molecular flexibility index (Phi) is 6.90. The first kappa shape index (κ1) is 20.9. The lowest BCUT2D eigenvalue weighted by Crippen LogP contribution is -2.34. The van der Waals surface area contributed by atoms with Crippen molar-refractivity contribution >= 4 is 40.4 Å². The fraction of sp³-hybridized carbons (Fsp3) is 0.250. The van der Waals surface area contributed by atoms with E-state index in [-0.39, 0.29) is 24.1 Å². The monoisotopic (exact) mass is 432 g/mol. The fourth-order valence-corrected chi connectivity index (χ4v) is 3.62. The maximum absolute atomic E-state index is 12.4. The van der Waals surface area contributed by atoms with E-state index in [0.717, 1.165) is 10.6 Å². The predicted molar refractivity (Wildman–Crippen MR) is 115 cm³/mol. The van der Waals surface area contributed by atoms with E-state index in [1.54, 1.807) is 40.5 Å². The second-order valence-electron chi connectivity index (χ2n) is 6.10. The number of halogens is 1. The van der Waals surface area contributed by atoms with Gasteiger partial charge in [-0.25, -0.2) is 0 Å². The number of anilines is 1. The summed E-state index contributed by atoms with van der Waals surface area (Å²) in [4.78, 5) is 27.2. The molecule has 0 atom stereocenters. The van der Waals surface area contributed by atoms with E-state index in [2.05, 4.69) is 15.5 Å². The van der Waals surface area contributed by atoms with Gasteiger partial charge in [-0.2, -0.15) is 5.10 Å². The summed E-state index contributed by atoms with van der Waals surface area (Å²) in [5.41, 5.74) is 1.56. The largest absolute Gasteiger partial charge is 0.482 e. The highest BCUT2D eigenvalue weighted by Gasteiger charge is 2.14. The van der Waals surface area contributed by atoms with Crippen molar-refractivity contribution in [1.82, 2.24) is 15.1 Å². The van der Waals surface area contributed by atoms with Crippen LogP contribution in [0.25, 0.3) is 10.6 Å². The van der Waals surface area contributed by atoms with Gasteiger partial charge in [0.15, 0.2) is 12.3 Å². The molecule has 0 radical (unpaired) electrons. The van der Waals surface area contributed by atoms with Crippen LogP contribution >= 0.6 is 22.9 Å². The van der Waals surface area contributed by atoms with Crippen LogP contribution in [0, 0.1) is 0 Å². The molecule has 1 aromatic carbocycles. The van der Waals surface area contributed by atoms with Gasteiger partial charge in [0.05, 0.1) is 15.6 Å².